The number of hydrogen-bond acceptors (Lipinski definition) is 4. The lowest BCUT2D eigenvalue weighted by molar-refractivity contribution is -0.122. The molecule has 1 heterocycles. The van der Waals surface area contributed by atoms with Gasteiger partial charge in [0, 0.05) is 5.02 Å². The van der Waals surface area contributed by atoms with Gasteiger partial charge in [-0.15, -0.1) is 0 Å². The Kier molecular flexibility index (Phi) is 4.29. The number of halogens is 1. The fourth-order valence-corrected chi connectivity index (χ4v) is 2.57. The minimum Gasteiger partial charge on any atom is -0.508 e. The first-order chi connectivity index (χ1) is 11.9. The molecule has 1 saturated heterocycles. The van der Waals surface area contributed by atoms with Crippen LogP contribution in [0.2, 0.25) is 5.02 Å². The summed E-state index contributed by atoms with van der Waals surface area (Å²) < 4.78 is 0. The quantitative estimate of drug-likeness (QED) is 0.639. The van der Waals surface area contributed by atoms with Crippen LogP contribution < -0.4 is 10.2 Å². The molecule has 126 valence electrons. The molecular weight excluding hydrogens is 344 g/mol. The van der Waals surface area contributed by atoms with Crippen molar-refractivity contribution in [2.24, 2.45) is 0 Å². The van der Waals surface area contributed by atoms with Gasteiger partial charge in [-0.25, -0.2) is 9.69 Å². The predicted octanol–water partition coefficient (Wildman–Crippen LogP) is 3.02. The van der Waals surface area contributed by atoms with Crippen LogP contribution in [0.4, 0.5) is 10.5 Å². The van der Waals surface area contributed by atoms with Crippen LogP contribution >= 0.6 is 11.6 Å². The topological polar surface area (TPSA) is 86.7 Å². The first-order valence-corrected chi connectivity index (χ1v) is 7.71. The van der Waals surface area contributed by atoms with Crippen LogP contribution in [0.1, 0.15) is 11.1 Å². The molecule has 1 aliphatic rings. The predicted molar refractivity (Wildman–Crippen MR) is 93.3 cm³/mol. The number of barbiturate groups is 1. The molecule has 2 N–H and O–H groups in total. The Hall–Kier alpha value is -3.12. The number of anilines is 1. The molecule has 2 aromatic carbocycles. The monoisotopic (exact) mass is 356 g/mol. The Morgan fingerprint density at radius 2 is 1.88 bits per heavy atom. The van der Waals surface area contributed by atoms with Gasteiger partial charge in [-0.2, -0.15) is 0 Å². The van der Waals surface area contributed by atoms with Crippen molar-refractivity contribution in [3.05, 3.63) is 64.2 Å². The number of nitrogens with zero attached hydrogens (tertiary/aromatic N) is 1. The fourth-order valence-electron chi connectivity index (χ4n) is 2.39. The molecule has 25 heavy (non-hydrogen) atoms. The second kappa shape index (κ2) is 6.41. The van der Waals surface area contributed by atoms with Crippen LogP contribution in [0.25, 0.3) is 6.08 Å². The van der Waals surface area contributed by atoms with E-state index in [1.54, 1.807) is 31.2 Å². The number of aromatic hydroxyl groups is 1. The van der Waals surface area contributed by atoms with E-state index in [1.165, 1.54) is 24.3 Å². The third kappa shape index (κ3) is 3.25. The van der Waals surface area contributed by atoms with Crippen LogP contribution in [0, 0.1) is 6.92 Å². The van der Waals surface area contributed by atoms with Crippen molar-refractivity contribution in [3.8, 4) is 5.75 Å². The lowest BCUT2D eigenvalue weighted by Gasteiger charge is -2.26. The third-order valence-electron chi connectivity index (χ3n) is 3.70. The van der Waals surface area contributed by atoms with Crippen LogP contribution in [0.5, 0.6) is 5.75 Å². The van der Waals surface area contributed by atoms with Gasteiger partial charge in [0.05, 0.1) is 5.69 Å². The van der Waals surface area contributed by atoms with Gasteiger partial charge in [0.2, 0.25) is 0 Å². The van der Waals surface area contributed by atoms with E-state index in [1.807, 2.05) is 0 Å². The summed E-state index contributed by atoms with van der Waals surface area (Å²) in [5, 5.41) is 12.0. The van der Waals surface area contributed by atoms with Gasteiger partial charge in [-0.05, 0) is 48.4 Å². The summed E-state index contributed by atoms with van der Waals surface area (Å²) in [6.07, 6.45) is 1.31. The van der Waals surface area contributed by atoms with Crippen molar-refractivity contribution in [2.45, 2.75) is 6.92 Å². The summed E-state index contributed by atoms with van der Waals surface area (Å²) in [5.41, 5.74) is 1.28. The van der Waals surface area contributed by atoms with Crippen molar-refractivity contribution in [1.29, 1.82) is 0 Å². The zero-order valence-electron chi connectivity index (χ0n) is 13.1. The molecule has 3 rings (SSSR count). The smallest absolute Gasteiger partial charge is 0.335 e. The van der Waals surface area contributed by atoms with E-state index in [9.17, 15) is 19.5 Å². The summed E-state index contributed by atoms with van der Waals surface area (Å²) in [7, 11) is 0. The number of urea groups is 1. The zero-order chi connectivity index (χ0) is 18.1. The highest BCUT2D eigenvalue weighted by Gasteiger charge is 2.36. The molecule has 0 bridgehead atoms. The van der Waals surface area contributed by atoms with Crippen molar-refractivity contribution in [1.82, 2.24) is 5.32 Å². The maximum Gasteiger partial charge on any atom is 0.335 e. The van der Waals surface area contributed by atoms with Crippen LogP contribution in [-0.2, 0) is 9.59 Å². The fraction of sp³-hybridized carbons (Fsp3) is 0.0556. The molecule has 4 amide bonds. The molecular formula is C18H13ClN2O4. The summed E-state index contributed by atoms with van der Waals surface area (Å²) in [6.45, 7) is 1.79. The van der Waals surface area contributed by atoms with E-state index in [0.29, 0.717) is 10.6 Å². The molecule has 0 spiro atoms. The molecule has 6 nitrogen and oxygen atoms in total. The molecule has 1 fully saturated rings. The highest BCUT2D eigenvalue weighted by Crippen LogP contribution is 2.27. The van der Waals surface area contributed by atoms with E-state index in [2.05, 4.69) is 5.32 Å². The number of nitrogens with one attached hydrogen (secondary N) is 1. The van der Waals surface area contributed by atoms with E-state index in [0.717, 1.165) is 10.5 Å². The molecule has 2 aromatic rings. The highest BCUT2D eigenvalue weighted by atomic mass is 35.5. The molecule has 0 radical (unpaired) electrons. The van der Waals surface area contributed by atoms with Gasteiger partial charge in [0.1, 0.15) is 11.3 Å². The standard InChI is InChI=1S/C18H13ClN2O4/c1-10-5-6-12(9-15(10)19)21-17(24)14(16(23)20-18(21)25)8-11-3-2-4-13(22)7-11/h2-9,22H,1H3,(H,20,23,25). The van der Waals surface area contributed by atoms with Crippen LogP contribution in [0.15, 0.2) is 48.0 Å². The van der Waals surface area contributed by atoms with E-state index >= 15 is 0 Å². The van der Waals surface area contributed by atoms with E-state index in [4.69, 9.17) is 11.6 Å². The number of hydrogen-bond donors (Lipinski definition) is 2. The Morgan fingerprint density at radius 3 is 2.56 bits per heavy atom. The summed E-state index contributed by atoms with van der Waals surface area (Å²) >= 11 is 6.06. The van der Waals surface area contributed by atoms with Crippen molar-refractivity contribution >= 4 is 41.2 Å². The number of phenols is 1. The maximum absolute atomic E-state index is 12.7. The Morgan fingerprint density at radius 1 is 1.12 bits per heavy atom. The number of phenolic OH excluding ortho intramolecular Hbond substituents is 1. The lowest BCUT2D eigenvalue weighted by atomic mass is 10.1. The number of carbonyl (C=O) groups is 3. The third-order valence-corrected chi connectivity index (χ3v) is 4.10. The number of carbonyl (C=O) groups excluding carboxylic acids is 3. The molecule has 0 atom stereocenters. The second-order valence-corrected chi connectivity index (χ2v) is 5.89. The number of benzene rings is 2. The number of amides is 4. The minimum absolute atomic E-state index is 0.00346. The molecule has 0 unspecified atom stereocenters. The average molecular weight is 357 g/mol. The summed E-state index contributed by atoms with van der Waals surface area (Å²) in [6, 6.07) is 9.95. The first kappa shape index (κ1) is 16.7. The first-order valence-electron chi connectivity index (χ1n) is 7.33. The van der Waals surface area contributed by atoms with Crippen molar-refractivity contribution < 1.29 is 19.5 Å². The van der Waals surface area contributed by atoms with Gasteiger partial charge in [-0.1, -0.05) is 29.8 Å². The van der Waals surface area contributed by atoms with Gasteiger partial charge in [0.25, 0.3) is 11.8 Å². The lowest BCUT2D eigenvalue weighted by Crippen LogP contribution is -2.54. The number of aryl methyl sites for hydroxylation is 1. The molecule has 0 aromatic heterocycles. The van der Waals surface area contributed by atoms with Crippen LogP contribution in [-0.4, -0.2) is 23.0 Å². The van der Waals surface area contributed by atoms with Crippen LogP contribution in [0.3, 0.4) is 0 Å². The maximum atomic E-state index is 12.7. The zero-order valence-corrected chi connectivity index (χ0v) is 13.9. The molecule has 0 saturated carbocycles. The summed E-state index contributed by atoms with van der Waals surface area (Å²) in [5.74, 6) is -1.57. The van der Waals surface area contributed by atoms with Gasteiger partial charge in [0.15, 0.2) is 0 Å². The van der Waals surface area contributed by atoms with E-state index in [-0.39, 0.29) is 17.0 Å². The Balaban J connectivity index is 2.03. The van der Waals surface area contributed by atoms with Crippen molar-refractivity contribution in [2.75, 3.05) is 4.90 Å². The summed E-state index contributed by atoms with van der Waals surface area (Å²) in [4.78, 5) is 37.7. The SMILES string of the molecule is Cc1ccc(N2C(=O)NC(=O)C(=Cc3cccc(O)c3)C2=O)cc1Cl. The Bertz CT molecular complexity index is 936. The van der Waals surface area contributed by atoms with E-state index < -0.39 is 17.8 Å². The van der Waals surface area contributed by atoms with Gasteiger partial charge in [-0.3, -0.25) is 14.9 Å². The van der Waals surface area contributed by atoms with Gasteiger partial charge >= 0.3 is 6.03 Å². The Labute approximate surface area is 148 Å². The highest BCUT2D eigenvalue weighted by molar-refractivity contribution is 6.39. The largest absolute Gasteiger partial charge is 0.508 e. The number of rotatable bonds is 2. The number of imide groups is 2. The molecule has 1 aliphatic heterocycles. The van der Waals surface area contributed by atoms with Gasteiger partial charge < -0.3 is 5.11 Å². The average Bonchev–Trinajstić information content (AvgIpc) is 2.55. The molecule has 7 heteroatoms. The normalized spacial score (nSPS) is 16.3. The molecule has 0 aliphatic carbocycles. The second-order valence-electron chi connectivity index (χ2n) is 5.49. The minimum atomic E-state index is -0.844. The van der Waals surface area contributed by atoms with Crippen molar-refractivity contribution in [3.63, 3.8) is 0 Å².